The van der Waals surface area contributed by atoms with Crippen LogP contribution in [0, 0.1) is 0 Å². The van der Waals surface area contributed by atoms with E-state index in [9.17, 15) is 0 Å². The van der Waals surface area contributed by atoms with Gasteiger partial charge in [-0.25, -0.2) is 4.68 Å². The van der Waals surface area contributed by atoms with Crippen LogP contribution in [0.3, 0.4) is 0 Å². The first-order valence-corrected chi connectivity index (χ1v) is 8.00. The van der Waals surface area contributed by atoms with Gasteiger partial charge in [-0.3, -0.25) is 0 Å². The Morgan fingerprint density at radius 2 is 1.54 bits per heavy atom. The minimum Gasteiger partial charge on any atom is -0.497 e. The molecule has 0 unspecified atom stereocenters. The van der Waals surface area contributed by atoms with E-state index in [1.807, 2.05) is 36.4 Å². The van der Waals surface area contributed by atoms with Gasteiger partial charge in [0.25, 0.3) is 0 Å². The van der Waals surface area contributed by atoms with Crippen LogP contribution in [0.4, 0.5) is 0 Å². The monoisotopic (exact) mass is 314 g/mol. The molecule has 24 heavy (non-hydrogen) atoms. The second kappa shape index (κ2) is 6.20. The first-order valence-electron chi connectivity index (χ1n) is 8.00. The Morgan fingerprint density at radius 3 is 2.29 bits per heavy atom. The van der Waals surface area contributed by atoms with Crippen molar-refractivity contribution in [2.24, 2.45) is 0 Å². The zero-order valence-electron chi connectivity index (χ0n) is 13.5. The van der Waals surface area contributed by atoms with E-state index in [2.05, 4.69) is 47.1 Å². The third-order valence-electron chi connectivity index (χ3n) is 4.21. The molecule has 0 saturated carbocycles. The van der Waals surface area contributed by atoms with Crippen molar-refractivity contribution in [2.75, 3.05) is 7.11 Å². The number of nitrogens with zero attached hydrogens (tertiary/aromatic N) is 2. The minimum absolute atomic E-state index is 0.819. The highest BCUT2D eigenvalue weighted by Crippen LogP contribution is 2.25. The number of fused-ring (bicyclic) bond motifs is 1. The van der Waals surface area contributed by atoms with Crippen LogP contribution in [0.25, 0.3) is 16.6 Å². The first-order chi connectivity index (χ1) is 11.8. The molecule has 4 aromatic rings. The molecule has 0 N–H and O–H groups in total. The third-order valence-corrected chi connectivity index (χ3v) is 4.21. The molecule has 0 atom stereocenters. The summed E-state index contributed by atoms with van der Waals surface area (Å²) < 4.78 is 7.30. The number of benzene rings is 3. The van der Waals surface area contributed by atoms with Crippen LogP contribution in [0.15, 0.2) is 78.9 Å². The number of para-hydroxylation sites is 1. The van der Waals surface area contributed by atoms with Gasteiger partial charge in [-0.15, -0.1) is 0 Å². The molecule has 1 aromatic heterocycles. The van der Waals surface area contributed by atoms with Crippen LogP contribution in [0.1, 0.15) is 11.3 Å². The summed E-state index contributed by atoms with van der Waals surface area (Å²) in [4.78, 5) is 0. The fraction of sp³-hybridized carbons (Fsp3) is 0.0952. The summed E-state index contributed by atoms with van der Waals surface area (Å²) in [7, 11) is 1.69. The maximum absolute atomic E-state index is 5.25. The normalized spacial score (nSPS) is 10.9. The highest BCUT2D eigenvalue weighted by atomic mass is 16.5. The number of rotatable bonds is 4. The number of methoxy groups -OCH3 is 1. The molecule has 4 rings (SSSR count). The van der Waals surface area contributed by atoms with Crippen molar-refractivity contribution in [2.45, 2.75) is 6.42 Å². The van der Waals surface area contributed by atoms with Crippen molar-refractivity contribution in [1.29, 1.82) is 0 Å². The number of aromatic nitrogens is 2. The van der Waals surface area contributed by atoms with E-state index < -0.39 is 0 Å². The fourth-order valence-corrected chi connectivity index (χ4v) is 2.98. The summed E-state index contributed by atoms with van der Waals surface area (Å²) in [5.74, 6) is 0.875. The van der Waals surface area contributed by atoms with E-state index >= 15 is 0 Å². The van der Waals surface area contributed by atoms with Gasteiger partial charge in [0.1, 0.15) is 5.75 Å². The Bertz CT molecular complexity index is 956. The molecule has 118 valence electrons. The van der Waals surface area contributed by atoms with Gasteiger partial charge in [-0.05, 0) is 35.9 Å². The van der Waals surface area contributed by atoms with Crippen molar-refractivity contribution >= 4 is 10.9 Å². The van der Waals surface area contributed by atoms with Crippen LogP contribution >= 0.6 is 0 Å². The molecule has 0 fully saturated rings. The predicted molar refractivity (Wildman–Crippen MR) is 96.9 cm³/mol. The summed E-state index contributed by atoms with van der Waals surface area (Å²) >= 11 is 0. The summed E-state index contributed by atoms with van der Waals surface area (Å²) in [5, 5.41) is 6.00. The van der Waals surface area contributed by atoms with E-state index in [0.29, 0.717) is 0 Å². The highest BCUT2D eigenvalue weighted by Gasteiger charge is 2.12. The van der Waals surface area contributed by atoms with Crippen molar-refractivity contribution in [3.05, 3.63) is 90.1 Å². The standard InChI is InChI=1S/C21H18N2O/c1-24-18-13-11-16(12-14-18)15-21-19-9-5-6-10-20(19)22-23(21)17-7-3-2-4-8-17/h2-14H,15H2,1H3. The zero-order valence-corrected chi connectivity index (χ0v) is 13.5. The quantitative estimate of drug-likeness (QED) is 0.549. The average molecular weight is 314 g/mol. The topological polar surface area (TPSA) is 27.1 Å². The lowest BCUT2D eigenvalue weighted by atomic mass is 10.1. The number of ether oxygens (including phenoxy) is 1. The molecular weight excluding hydrogens is 296 g/mol. The van der Waals surface area contributed by atoms with Gasteiger partial charge in [0, 0.05) is 11.8 Å². The molecule has 0 spiro atoms. The molecular formula is C21H18N2O. The van der Waals surface area contributed by atoms with Gasteiger partial charge < -0.3 is 4.74 Å². The zero-order chi connectivity index (χ0) is 16.4. The lowest BCUT2D eigenvalue weighted by molar-refractivity contribution is 0.414. The molecule has 0 aliphatic heterocycles. The van der Waals surface area contributed by atoms with Crippen LogP contribution < -0.4 is 4.74 Å². The molecule has 0 amide bonds. The minimum atomic E-state index is 0.819. The van der Waals surface area contributed by atoms with Crippen LogP contribution in [-0.2, 0) is 6.42 Å². The Morgan fingerprint density at radius 1 is 0.833 bits per heavy atom. The second-order valence-corrected chi connectivity index (χ2v) is 5.74. The van der Waals surface area contributed by atoms with E-state index in [0.717, 1.165) is 23.4 Å². The van der Waals surface area contributed by atoms with E-state index in [1.54, 1.807) is 7.11 Å². The molecule has 3 aromatic carbocycles. The van der Waals surface area contributed by atoms with E-state index in [1.165, 1.54) is 16.6 Å². The van der Waals surface area contributed by atoms with Gasteiger partial charge >= 0.3 is 0 Å². The molecule has 0 radical (unpaired) electrons. The lowest BCUT2D eigenvalue weighted by Gasteiger charge is -2.09. The van der Waals surface area contributed by atoms with Gasteiger partial charge in [-0.2, -0.15) is 5.10 Å². The van der Waals surface area contributed by atoms with Gasteiger partial charge in [0.05, 0.1) is 24.0 Å². The molecule has 0 aliphatic rings. The summed E-state index contributed by atoms with van der Waals surface area (Å²) in [6, 6.07) is 26.8. The molecule has 3 heteroatoms. The fourth-order valence-electron chi connectivity index (χ4n) is 2.98. The van der Waals surface area contributed by atoms with Crippen LogP contribution in [0.2, 0.25) is 0 Å². The summed E-state index contributed by atoms with van der Waals surface area (Å²) in [6.07, 6.45) is 0.819. The number of hydrogen-bond donors (Lipinski definition) is 0. The van der Waals surface area contributed by atoms with Crippen LogP contribution in [0.5, 0.6) is 5.75 Å². The van der Waals surface area contributed by atoms with Gasteiger partial charge in [0.15, 0.2) is 0 Å². The molecule has 0 saturated heterocycles. The first kappa shape index (κ1) is 14.5. The predicted octanol–water partition coefficient (Wildman–Crippen LogP) is 4.62. The SMILES string of the molecule is COc1ccc(Cc2c3ccccc3nn2-c2ccccc2)cc1. The third kappa shape index (κ3) is 2.65. The molecule has 1 heterocycles. The molecule has 0 aliphatic carbocycles. The molecule has 0 bridgehead atoms. The number of hydrogen-bond acceptors (Lipinski definition) is 2. The maximum atomic E-state index is 5.25. The van der Waals surface area contributed by atoms with Crippen molar-refractivity contribution in [3.8, 4) is 11.4 Å². The van der Waals surface area contributed by atoms with Crippen molar-refractivity contribution in [1.82, 2.24) is 9.78 Å². The van der Waals surface area contributed by atoms with Gasteiger partial charge in [0.2, 0.25) is 0 Å². The maximum Gasteiger partial charge on any atom is 0.118 e. The Balaban J connectivity index is 1.83. The summed E-state index contributed by atoms with van der Waals surface area (Å²) in [6.45, 7) is 0. The van der Waals surface area contributed by atoms with E-state index in [-0.39, 0.29) is 0 Å². The Kier molecular flexibility index (Phi) is 3.75. The largest absolute Gasteiger partial charge is 0.497 e. The Labute approximate surface area is 141 Å². The lowest BCUT2D eigenvalue weighted by Crippen LogP contribution is -2.03. The average Bonchev–Trinajstić information content (AvgIpc) is 3.02. The smallest absolute Gasteiger partial charge is 0.118 e. The second-order valence-electron chi connectivity index (χ2n) is 5.74. The van der Waals surface area contributed by atoms with E-state index in [4.69, 9.17) is 9.84 Å². The highest BCUT2D eigenvalue weighted by molar-refractivity contribution is 5.82. The molecule has 3 nitrogen and oxygen atoms in total. The van der Waals surface area contributed by atoms with Gasteiger partial charge in [-0.1, -0.05) is 48.5 Å². The summed E-state index contributed by atoms with van der Waals surface area (Å²) in [5.41, 5.74) is 4.53. The Hall–Kier alpha value is -3.07. The van der Waals surface area contributed by atoms with Crippen molar-refractivity contribution < 1.29 is 4.74 Å². The van der Waals surface area contributed by atoms with Crippen molar-refractivity contribution in [3.63, 3.8) is 0 Å². The van der Waals surface area contributed by atoms with Crippen LogP contribution in [-0.4, -0.2) is 16.9 Å².